The summed E-state index contributed by atoms with van der Waals surface area (Å²) in [7, 11) is 0. The molecule has 1 atom stereocenters. The third-order valence-electron chi connectivity index (χ3n) is 2.14. The fourth-order valence-electron chi connectivity index (χ4n) is 1.38. The Balaban J connectivity index is 2.75. The molecule has 0 heterocycles. The van der Waals surface area contributed by atoms with Crippen LogP contribution >= 0.6 is 0 Å². The van der Waals surface area contributed by atoms with Crippen LogP contribution in [0, 0.1) is 0 Å². The van der Waals surface area contributed by atoms with Gasteiger partial charge >= 0.3 is 0 Å². The largest absolute Gasteiger partial charge is 0.392 e. The predicted molar refractivity (Wildman–Crippen MR) is 54.5 cm³/mol. The van der Waals surface area contributed by atoms with Crippen LogP contribution in [0.15, 0.2) is 24.3 Å². The third kappa shape index (κ3) is 2.83. The quantitative estimate of drug-likeness (QED) is 0.739. The molecule has 0 bridgehead atoms. The molecular formula is C11H17NO. The van der Waals surface area contributed by atoms with Crippen LogP contribution in [0.5, 0.6) is 0 Å². The van der Waals surface area contributed by atoms with Crippen LogP contribution in [0.2, 0.25) is 0 Å². The summed E-state index contributed by atoms with van der Waals surface area (Å²) in [4.78, 5) is 0. The van der Waals surface area contributed by atoms with E-state index < -0.39 is 0 Å². The minimum atomic E-state index is 0.118. The number of aliphatic hydroxyl groups is 1. The molecular weight excluding hydrogens is 162 g/mol. The molecule has 0 aromatic heterocycles. The van der Waals surface area contributed by atoms with Crippen LogP contribution in [0.3, 0.4) is 0 Å². The van der Waals surface area contributed by atoms with Crippen LogP contribution < -0.4 is 5.32 Å². The predicted octanol–water partition coefficient (Wildman–Crippen LogP) is 1.85. The molecule has 0 aliphatic heterocycles. The fraction of sp³-hybridized carbons (Fsp3) is 0.455. The molecule has 0 aliphatic rings. The van der Waals surface area contributed by atoms with E-state index in [2.05, 4.69) is 25.2 Å². The van der Waals surface area contributed by atoms with Crippen molar-refractivity contribution in [3.05, 3.63) is 35.4 Å². The molecule has 0 saturated heterocycles. The van der Waals surface area contributed by atoms with Crippen LogP contribution in [0.4, 0.5) is 0 Å². The van der Waals surface area contributed by atoms with Gasteiger partial charge in [-0.2, -0.15) is 0 Å². The van der Waals surface area contributed by atoms with E-state index >= 15 is 0 Å². The van der Waals surface area contributed by atoms with Gasteiger partial charge in [-0.3, -0.25) is 0 Å². The second-order valence-corrected chi connectivity index (χ2v) is 3.18. The zero-order valence-corrected chi connectivity index (χ0v) is 8.25. The normalized spacial score (nSPS) is 12.8. The first-order valence-corrected chi connectivity index (χ1v) is 4.71. The molecule has 2 N–H and O–H groups in total. The van der Waals surface area contributed by atoms with Crippen molar-refractivity contribution in [3.63, 3.8) is 0 Å². The van der Waals surface area contributed by atoms with Crippen molar-refractivity contribution in [1.82, 2.24) is 5.32 Å². The molecule has 72 valence electrons. The smallest absolute Gasteiger partial charge is 0.0681 e. The highest BCUT2D eigenvalue weighted by atomic mass is 16.3. The van der Waals surface area contributed by atoms with E-state index in [1.165, 1.54) is 5.56 Å². The molecule has 0 fully saturated rings. The molecule has 0 spiro atoms. The Morgan fingerprint density at radius 2 is 2.23 bits per heavy atom. The van der Waals surface area contributed by atoms with Crippen molar-refractivity contribution in [2.45, 2.75) is 26.5 Å². The maximum atomic E-state index is 8.95. The van der Waals surface area contributed by atoms with Gasteiger partial charge < -0.3 is 10.4 Å². The second kappa shape index (κ2) is 5.00. The van der Waals surface area contributed by atoms with Crippen molar-refractivity contribution >= 4 is 0 Å². The number of benzene rings is 1. The Morgan fingerprint density at radius 3 is 2.85 bits per heavy atom. The molecule has 1 rings (SSSR count). The molecule has 1 aromatic carbocycles. The Morgan fingerprint density at radius 1 is 1.46 bits per heavy atom. The van der Waals surface area contributed by atoms with Crippen molar-refractivity contribution in [3.8, 4) is 0 Å². The van der Waals surface area contributed by atoms with E-state index in [0.29, 0.717) is 6.04 Å². The minimum absolute atomic E-state index is 0.118. The molecule has 1 aromatic rings. The first kappa shape index (κ1) is 10.2. The van der Waals surface area contributed by atoms with Gasteiger partial charge in [0.15, 0.2) is 0 Å². The van der Waals surface area contributed by atoms with Gasteiger partial charge in [0.25, 0.3) is 0 Å². The van der Waals surface area contributed by atoms with E-state index in [1.807, 2.05) is 18.2 Å². The molecule has 2 heteroatoms. The van der Waals surface area contributed by atoms with Crippen LogP contribution in [-0.2, 0) is 6.61 Å². The third-order valence-corrected chi connectivity index (χ3v) is 2.14. The Labute approximate surface area is 79.6 Å². The summed E-state index contributed by atoms with van der Waals surface area (Å²) in [6, 6.07) is 8.38. The SMILES string of the molecule is CCNC(C)c1cccc(CO)c1. The first-order chi connectivity index (χ1) is 6.27. The monoisotopic (exact) mass is 179 g/mol. The zero-order valence-electron chi connectivity index (χ0n) is 8.25. The summed E-state index contributed by atoms with van der Waals surface area (Å²) in [5.74, 6) is 0. The number of aliphatic hydroxyl groups excluding tert-OH is 1. The summed E-state index contributed by atoms with van der Waals surface area (Å²) < 4.78 is 0. The standard InChI is InChI=1S/C11H17NO/c1-3-12-9(2)11-6-4-5-10(7-11)8-13/h4-7,9,12-13H,3,8H2,1-2H3. The summed E-state index contributed by atoms with van der Waals surface area (Å²) in [6.45, 7) is 5.30. The average Bonchev–Trinajstić information content (AvgIpc) is 2.18. The summed E-state index contributed by atoms with van der Waals surface area (Å²) in [6.07, 6.45) is 0. The van der Waals surface area contributed by atoms with Gasteiger partial charge in [-0.1, -0.05) is 31.2 Å². The molecule has 13 heavy (non-hydrogen) atoms. The average molecular weight is 179 g/mol. The maximum absolute atomic E-state index is 8.95. The highest BCUT2D eigenvalue weighted by Gasteiger charge is 2.02. The van der Waals surface area contributed by atoms with Crippen molar-refractivity contribution in [2.75, 3.05) is 6.54 Å². The lowest BCUT2D eigenvalue weighted by Crippen LogP contribution is -2.17. The molecule has 1 unspecified atom stereocenters. The molecule has 2 nitrogen and oxygen atoms in total. The van der Waals surface area contributed by atoms with E-state index in [1.54, 1.807) is 0 Å². The molecule has 0 saturated carbocycles. The van der Waals surface area contributed by atoms with Gasteiger partial charge in [0, 0.05) is 6.04 Å². The lowest BCUT2D eigenvalue weighted by molar-refractivity contribution is 0.281. The zero-order chi connectivity index (χ0) is 9.68. The van der Waals surface area contributed by atoms with E-state index in [4.69, 9.17) is 5.11 Å². The minimum Gasteiger partial charge on any atom is -0.392 e. The summed E-state index contributed by atoms with van der Waals surface area (Å²) in [5, 5.41) is 12.3. The van der Waals surface area contributed by atoms with Crippen LogP contribution in [0.1, 0.15) is 31.0 Å². The van der Waals surface area contributed by atoms with E-state index in [0.717, 1.165) is 12.1 Å². The Hall–Kier alpha value is -0.860. The second-order valence-electron chi connectivity index (χ2n) is 3.18. The summed E-state index contributed by atoms with van der Waals surface area (Å²) in [5.41, 5.74) is 2.20. The molecule has 0 amide bonds. The van der Waals surface area contributed by atoms with Crippen molar-refractivity contribution < 1.29 is 5.11 Å². The summed E-state index contributed by atoms with van der Waals surface area (Å²) >= 11 is 0. The molecule has 0 radical (unpaired) electrons. The number of hydrogen-bond acceptors (Lipinski definition) is 2. The fourth-order valence-corrected chi connectivity index (χ4v) is 1.38. The maximum Gasteiger partial charge on any atom is 0.0681 e. The highest BCUT2D eigenvalue weighted by Crippen LogP contribution is 2.13. The molecule has 0 aliphatic carbocycles. The van der Waals surface area contributed by atoms with Gasteiger partial charge in [0.2, 0.25) is 0 Å². The highest BCUT2D eigenvalue weighted by molar-refractivity contribution is 5.25. The lowest BCUT2D eigenvalue weighted by atomic mass is 10.1. The van der Waals surface area contributed by atoms with Gasteiger partial charge in [-0.25, -0.2) is 0 Å². The lowest BCUT2D eigenvalue weighted by Gasteiger charge is -2.13. The van der Waals surface area contributed by atoms with Gasteiger partial charge in [-0.15, -0.1) is 0 Å². The van der Waals surface area contributed by atoms with Gasteiger partial charge in [0.05, 0.1) is 6.61 Å². The Kier molecular flexibility index (Phi) is 3.93. The van der Waals surface area contributed by atoms with Gasteiger partial charge in [-0.05, 0) is 24.6 Å². The van der Waals surface area contributed by atoms with Crippen LogP contribution in [0.25, 0.3) is 0 Å². The van der Waals surface area contributed by atoms with E-state index in [-0.39, 0.29) is 6.61 Å². The number of rotatable bonds is 4. The topological polar surface area (TPSA) is 32.3 Å². The van der Waals surface area contributed by atoms with Gasteiger partial charge in [0.1, 0.15) is 0 Å². The Bertz CT molecular complexity index is 260. The van der Waals surface area contributed by atoms with Crippen LogP contribution in [-0.4, -0.2) is 11.7 Å². The first-order valence-electron chi connectivity index (χ1n) is 4.71. The van der Waals surface area contributed by atoms with Crippen molar-refractivity contribution in [2.24, 2.45) is 0 Å². The van der Waals surface area contributed by atoms with Crippen molar-refractivity contribution in [1.29, 1.82) is 0 Å². The number of hydrogen-bond donors (Lipinski definition) is 2. The van der Waals surface area contributed by atoms with E-state index in [9.17, 15) is 0 Å². The number of nitrogens with one attached hydrogen (secondary N) is 1.